The lowest BCUT2D eigenvalue weighted by Gasteiger charge is -2.38. The predicted molar refractivity (Wildman–Crippen MR) is 120 cm³/mol. The van der Waals surface area contributed by atoms with E-state index in [1.807, 2.05) is 5.38 Å². The van der Waals surface area contributed by atoms with E-state index in [2.05, 4.69) is 22.5 Å². The highest BCUT2D eigenvalue weighted by atomic mass is 32.1. The summed E-state index contributed by atoms with van der Waals surface area (Å²) >= 11 is 1.40. The first-order valence-electron chi connectivity index (χ1n) is 10.5. The van der Waals surface area contributed by atoms with Gasteiger partial charge in [-0.15, -0.1) is 11.3 Å². The summed E-state index contributed by atoms with van der Waals surface area (Å²) in [4.78, 5) is 42.9. The van der Waals surface area contributed by atoms with Gasteiger partial charge < -0.3 is 20.3 Å². The second kappa shape index (κ2) is 10.9. The molecule has 1 aromatic heterocycles. The van der Waals surface area contributed by atoms with E-state index in [-0.39, 0.29) is 23.8 Å². The smallest absolute Gasteiger partial charge is 0.338 e. The monoisotopic (exact) mass is 444 g/mol. The van der Waals surface area contributed by atoms with E-state index in [1.165, 1.54) is 11.3 Å². The van der Waals surface area contributed by atoms with Crippen molar-refractivity contribution in [1.29, 1.82) is 0 Å². The topological polar surface area (TPSA) is 101 Å². The minimum Gasteiger partial charge on any atom is -0.462 e. The molecular formula is C22H28N4O4S. The molecule has 0 radical (unpaired) electrons. The number of hydrogen-bond acceptors (Lipinski definition) is 6. The van der Waals surface area contributed by atoms with Crippen LogP contribution >= 0.6 is 11.3 Å². The number of likely N-dealkylation sites (tertiary alicyclic amines) is 1. The van der Waals surface area contributed by atoms with Gasteiger partial charge in [-0.25, -0.2) is 14.6 Å². The highest BCUT2D eigenvalue weighted by Gasteiger charge is 2.32. The van der Waals surface area contributed by atoms with Gasteiger partial charge in [-0.2, -0.15) is 0 Å². The standard InChI is InChI=1S/C22H28N4O4S/c1-3-15-14-26(10-8-16(15)13-19(27)25-21-23-9-11-31-21)22(29)24-18-7-5-6-17(12-18)20(28)30-4-2/h5-7,9,11-12,15-16H,3-4,8,10,13-14H2,1-2H3,(H,24,29)(H,23,25,27)/t15-,16+/m1/s1. The first-order valence-corrected chi connectivity index (χ1v) is 11.4. The third-order valence-corrected chi connectivity index (χ3v) is 6.14. The molecular weight excluding hydrogens is 416 g/mol. The Morgan fingerprint density at radius 2 is 2.06 bits per heavy atom. The summed E-state index contributed by atoms with van der Waals surface area (Å²) in [5.41, 5.74) is 0.949. The van der Waals surface area contributed by atoms with Crippen LogP contribution in [0.4, 0.5) is 15.6 Å². The molecule has 1 aliphatic rings. The highest BCUT2D eigenvalue weighted by molar-refractivity contribution is 7.13. The molecule has 2 atom stereocenters. The van der Waals surface area contributed by atoms with Gasteiger partial charge in [0, 0.05) is 36.8 Å². The number of urea groups is 1. The van der Waals surface area contributed by atoms with Crippen molar-refractivity contribution in [3.05, 3.63) is 41.4 Å². The summed E-state index contributed by atoms with van der Waals surface area (Å²) in [5.74, 6) is 0.0159. The fourth-order valence-electron chi connectivity index (χ4n) is 3.83. The first-order chi connectivity index (χ1) is 15.0. The average molecular weight is 445 g/mol. The predicted octanol–water partition coefficient (Wildman–Crippen LogP) is 4.23. The van der Waals surface area contributed by atoms with Gasteiger partial charge in [-0.3, -0.25) is 4.79 Å². The lowest BCUT2D eigenvalue weighted by Crippen LogP contribution is -2.46. The minimum atomic E-state index is -0.415. The Labute approximate surface area is 186 Å². The molecule has 0 spiro atoms. The van der Waals surface area contributed by atoms with Crippen molar-refractivity contribution in [2.24, 2.45) is 11.8 Å². The van der Waals surface area contributed by atoms with Crippen molar-refractivity contribution in [2.45, 2.75) is 33.1 Å². The Bertz CT molecular complexity index is 903. The van der Waals surface area contributed by atoms with Gasteiger partial charge in [-0.1, -0.05) is 19.4 Å². The molecule has 166 valence electrons. The van der Waals surface area contributed by atoms with Crippen LogP contribution in [0.5, 0.6) is 0 Å². The number of carbonyl (C=O) groups excluding carboxylic acids is 3. The maximum atomic E-state index is 12.8. The molecule has 3 amide bonds. The molecule has 0 unspecified atom stereocenters. The van der Waals surface area contributed by atoms with E-state index in [1.54, 1.807) is 42.3 Å². The maximum absolute atomic E-state index is 12.8. The zero-order chi connectivity index (χ0) is 22.2. The number of aromatic nitrogens is 1. The molecule has 0 aliphatic carbocycles. The molecule has 1 aromatic carbocycles. The number of rotatable bonds is 7. The zero-order valence-electron chi connectivity index (χ0n) is 17.8. The number of thiazole rings is 1. The Kier molecular flexibility index (Phi) is 8.00. The van der Waals surface area contributed by atoms with Crippen LogP contribution in [0.2, 0.25) is 0 Å². The summed E-state index contributed by atoms with van der Waals surface area (Å²) in [6.45, 7) is 5.30. The molecule has 3 rings (SSSR count). The van der Waals surface area contributed by atoms with Crippen LogP contribution in [0, 0.1) is 11.8 Å². The molecule has 2 N–H and O–H groups in total. The lowest BCUT2D eigenvalue weighted by atomic mass is 9.81. The van der Waals surface area contributed by atoms with Crippen LogP contribution in [-0.4, -0.2) is 47.5 Å². The normalized spacial score (nSPS) is 18.3. The maximum Gasteiger partial charge on any atom is 0.338 e. The molecule has 8 nitrogen and oxygen atoms in total. The molecule has 0 saturated carbocycles. The highest BCUT2D eigenvalue weighted by Crippen LogP contribution is 2.30. The third kappa shape index (κ3) is 6.27. The third-order valence-electron chi connectivity index (χ3n) is 5.45. The van der Waals surface area contributed by atoms with E-state index in [0.29, 0.717) is 42.5 Å². The number of esters is 1. The van der Waals surface area contributed by atoms with Gasteiger partial charge in [0.25, 0.3) is 0 Å². The van der Waals surface area contributed by atoms with E-state index >= 15 is 0 Å². The molecule has 2 heterocycles. The van der Waals surface area contributed by atoms with Gasteiger partial charge in [0.05, 0.1) is 12.2 Å². The number of nitrogens with one attached hydrogen (secondary N) is 2. The van der Waals surface area contributed by atoms with Crippen LogP contribution in [0.1, 0.15) is 43.5 Å². The number of carbonyl (C=O) groups is 3. The number of hydrogen-bond donors (Lipinski definition) is 2. The fourth-order valence-corrected chi connectivity index (χ4v) is 4.38. The van der Waals surface area contributed by atoms with Crippen molar-refractivity contribution in [2.75, 3.05) is 30.3 Å². The van der Waals surface area contributed by atoms with Crippen molar-refractivity contribution in [3.63, 3.8) is 0 Å². The van der Waals surface area contributed by atoms with E-state index in [0.717, 1.165) is 12.8 Å². The molecule has 1 saturated heterocycles. The number of anilines is 2. The summed E-state index contributed by atoms with van der Waals surface area (Å²) in [7, 11) is 0. The molecule has 1 fully saturated rings. The van der Waals surface area contributed by atoms with Gasteiger partial charge >= 0.3 is 12.0 Å². The number of nitrogens with zero attached hydrogens (tertiary/aromatic N) is 2. The quantitative estimate of drug-likeness (QED) is 0.623. The Morgan fingerprint density at radius 3 is 2.77 bits per heavy atom. The van der Waals surface area contributed by atoms with Gasteiger partial charge in [0.15, 0.2) is 5.13 Å². The van der Waals surface area contributed by atoms with Crippen LogP contribution in [0.15, 0.2) is 35.8 Å². The van der Waals surface area contributed by atoms with Crippen molar-refractivity contribution < 1.29 is 19.1 Å². The number of amides is 3. The zero-order valence-corrected chi connectivity index (χ0v) is 18.6. The minimum absolute atomic E-state index is 0.0351. The molecule has 9 heteroatoms. The van der Waals surface area contributed by atoms with Crippen LogP contribution in [-0.2, 0) is 9.53 Å². The summed E-state index contributed by atoms with van der Waals surface area (Å²) in [6.07, 6.45) is 3.74. The second-order valence-electron chi connectivity index (χ2n) is 7.48. The average Bonchev–Trinajstić information content (AvgIpc) is 3.27. The molecule has 1 aliphatic heterocycles. The summed E-state index contributed by atoms with van der Waals surface area (Å²) < 4.78 is 5.01. The van der Waals surface area contributed by atoms with Gasteiger partial charge in [0.1, 0.15) is 0 Å². The van der Waals surface area contributed by atoms with Crippen LogP contribution in [0.3, 0.4) is 0 Å². The summed E-state index contributed by atoms with van der Waals surface area (Å²) in [6, 6.07) is 6.52. The number of piperidine rings is 1. The molecule has 0 bridgehead atoms. The fraction of sp³-hybridized carbons (Fsp3) is 0.455. The second-order valence-corrected chi connectivity index (χ2v) is 8.38. The Hall–Kier alpha value is -2.94. The van der Waals surface area contributed by atoms with Crippen molar-refractivity contribution >= 4 is 40.1 Å². The molecule has 2 aromatic rings. The van der Waals surface area contributed by atoms with E-state index in [4.69, 9.17) is 4.74 Å². The van der Waals surface area contributed by atoms with Crippen molar-refractivity contribution in [3.8, 4) is 0 Å². The molecule has 31 heavy (non-hydrogen) atoms. The van der Waals surface area contributed by atoms with Crippen LogP contribution in [0.25, 0.3) is 0 Å². The number of ether oxygens (including phenoxy) is 1. The first kappa shape index (κ1) is 22.7. The number of benzene rings is 1. The Morgan fingerprint density at radius 1 is 1.23 bits per heavy atom. The van der Waals surface area contributed by atoms with Gasteiger partial charge in [-0.05, 0) is 43.4 Å². The Balaban J connectivity index is 1.55. The van der Waals surface area contributed by atoms with Gasteiger partial charge in [0.2, 0.25) is 5.91 Å². The summed E-state index contributed by atoms with van der Waals surface area (Å²) in [5, 5.41) is 8.15. The van der Waals surface area contributed by atoms with Crippen molar-refractivity contribution in [1.82, 2.24) is 9.88 Å². The largest absolute Gasteiger partial charge is 0.462 e. The SMILES string of the molecule is CCOC(=O)c1cccc(NC(=O)N2CC[C@@H](CC(=O)Nc3nccs3)[C@H](CC)C2)c1. The van der Waals surface area contributed by atoms with E-state index < -0.39 is 5.97 Å². The van der Waals surface area contributed by atoms with E-state index in [9.17, 15) is 14.4 Å². The lowest BCUT2D eigenvalue weighted by molar-refractivity contribution is -0.117. The van der Waals surface area contributed by atoms with Crippen LogP contribution < -0.4 is 10.6 Å².